The molecule has 3 aromatic carbocycles. The quantitative estimate of drug-likeness (QED) is 0.399. The summed E-state index contributed by atoms with van der Waals surface area (Å²) in [4.78, 5) is 4.87. The van der Waals surface area contributed by atoms with E-state index in [2.05, 4.69) is 36.6 Å². The van der Waals surface area contributed by atoms with Crippen molar-refractivity contribution in [3.63, 3.8) is 0 Å². The lowest BCUT2D eigenvalue weighted by Crippen LogP contribution is -1.97. The zero-order valence-electron chi connectivity index (χ0n) is 13.7. The van der Waals surface area contributed by atoms with Crippen molar-refractivity contribution in [2.45, 2.75) is 0 Å². The zero-order valence-corrected chi connectivity index (χ0v) is 15.3. The minimum atomic E-state index is 0.755. The summed E-state index contributed by atoms with van der Waals surface area (Å²) in [5.74, 6) is 0.803. The molecule has 4 nitrogen and oxygen atoms in total. The van der Waals surface area contributed by atoms with Gasteiger partial charge in [-0.05, 0) is 24.3 Å². The summed E-state index contributed by atoms with van der Waals surface area (Å²) < 4.78 is 3.10. The van der Waals surface area contributed by atoms with Crippen molar-refractivity contribution in [1.82, 2.24) is 19.6 Å². The normalized spacial score (nSPS) is 11.3. The first-order valence-corrected chi connectivity index (χ1v) is 9.06. The van der Waals surface area contributed by atoms with Crippen LogP contribution in [0.2, 0.25) is 0 Å². The Morgan fingerprint density at radius 3 is 2.35 bits per heavy atom. The molecule has 0 radical (unpaired) electrons. The molecule has 0 saturated carbocycles. The number of benzene rings is 3. The molecular weight excluding hydrogens is 388 g/mol. The highest BCUT2D eigenvalue weighted by Gasteiger charge is 2.17. The number of halogens is 1. The number of nitrogens with zero attached hydrogens (tertiary/aromatic N) is 4. The fourth-order valence-electron chi connectivity index (χ4n) is 3.19. The van der Waals surface area contributed by atoms with Crippen LogP contribution in [-0.2, 0) is 0 Å². The summed E-state index contributed by atoms with van der Waals surface area (Å²) in [5, 5.41) is 8.98. The van der Waals surface area contributed by atoms with Gasteiger partial charge in [0.1, 0.15) is 5.69 Å². The molecular formula is C21H13BrN4. The van der Waals surface area contributed by atoms with E-state index in [0.29, 0.717) is 0 Å². The molecule has 0 unspecified atom stereocenters. The van der Waals surface area contributed by atoms with Gasteiger partial charge in [-0.15, -0.1) is 10.2 Å². The molecule has 0 saturated heterocycles. The lowest BCUT2D eigenvalue weighted by molar-refractivity contribution is 1.12. The monoisotopic (exact) mass is 400 g/mol. The van der Waals surface area contributed by atoms with E-state index in [1.54, 1.807) is 0 Å². The molecule has 5 rings (SSSR count). The standard InChI is InChI=1S/C21H13BrN4/c22-16-10-6-9-15(13-16)20-24-25-21-19(14-7-2-1-3-8-14)23-17-11-4-5-12-18(17)26(20)21/h1-13H. The third-order valence-electron chi connectivity index (χ3n) is 4.36. The average Bonchev–Trinajstić information content (AvgIpc) is 3.13. The molecule has 2 aromatic heterocycles. The molecule has 0 bridgehead atoms. The molecule has 0 N–H and O–H groups in total. The highest BCUT2D eigenvalue weighted by molar-refractivity contribution is 9.10. The van der Waals surface area contributed by atoms with Gasteiger partial charge in [0, 0.05) is 15.6 Å². The Kier molecular flexibility index (Phi) is 3.53. The Morgan fingerprint density at radius 2 is 1.50 bits per heavy atom. The van der Waals surface area contributed by atoms with Gasteiger partial charge in [0.05, 0.1) is 11.0 Å². The first-order valence-electron chi connectivity index (χ1n) is 8.26. The van der Waals surface area contributed by atoms with Crippen LogP contribution in [0.1, 0.15) is 0 Å². The predicted octanol–water partition coefficient (Wildman–Crippen LogP) is 5.37. The number of fused-ring (bicyclic) bond motifs is 3. The van der Waals surface area contributed by atoms with Gasteiger partial charge in [-0.1, -0.05) is 70.5 Å². The topological polar surface area (TPSA) is 43.1 Å². The van der Waals surface area contributed by atoms with E-state index in [1.807, 2.05) is 72.8 Å². The summed E-state index contributed by atoms with van der Waals surface area (Å²) >= 11 is 3.54. The van der Waals surface area contributed by atoms with Crippen LogP contribution >= 0.6 is 15.9 Å². The van der Waals surface area contributed by atoms with E-state index in [-0.39, 0.29) is 0 Å². The number of aromatic nitrogens is 4. The molecule has 0 atom stereocenters. The van der Waals surface area contributed by atoms with Crippen molar-refractivity contribution in [3.8, 4) is 22.6 Å². The summed E-state index contributed by atoms with van der Waals surface area (Å²) in [6, 6.07) is 26.3. The molecule has 5 aromatic rings. The van der Waals surface area contributed by atoms with Gasteiger partial charge in [-0.3, -0.25) is 4.40 Å². The Labute approximate surface area is 158 Å². The van der Waals surface area contributed by atoms with Crippen molar-refractivity contribution in [2.75, 3.05) is 0 Å². The van der Waals surface area contributed by atoms with Gasteiger partial charge in [-0.2, -0.15) is 0 Å². The lowest BCUT2D eigenvalue weighted by Gasteiger charge is -2.09. The van der Waals surface area contributed by atoms with Crippen LogP contribution in [0, 0.1) is 0 Å². The second kappa shape index (κ2) is 6.04. The van der Waals surface area contributed by atoms with E-state index in [0.717, 1.165) is 43.8 Å². The van der Waals surface area contributed by atoms with Gasteiger partial charge in [0.25, 0.3) is 0 Å². The van der Waals surface area contributed by atoms with Crippen molar-refractivity contribution in [3.05, 3.63) is 83.3 Å². The highest BCUT2D eigenvalue weighted by atomic mass is 79.9. The third-order valence-corrected chi connectivity index (χ3v) is 4.85. The van der Waals surface area contributed by atoms with Gasteiger partial charge in [0.2, 0.25) is 0 Å². The summed E-state index contributed by atoms with van der Waals surface area (Å²) in [6.45, 7) is 0. The molecule has 26 heavy (non-hydrogen) atoms. The van der Waals surface area contributed by atoms with Crippen molar-refractivity contribution in [2.24, 2.45) is 0 Å². The summed E-state index contributed by atoms with van der Waals surface area (Å²) in [7, 11) is 0. The largest absolute Gasteiger partial charge is 0.271 e. The van der Waals surface area contributed by atoms with Crippen LogP contribution in [0.5, 0.6) is 0 Å². The predicted molar refractivity (Wildman–Crippen MR) is 107 cm³/mol. The van der Waals surface area contributed by atoms with E-state index in [4.69, 9.17) is 4.98 Å². The Morgan fingerprint density at radius 1 is 0.731 bits per heavy atom. The number of para-hydroxylation sites is 2. The van der Waals surface area contributed by atoms with E-state index in [1.165, 1.54) is 0 Å². The van der Waals surface area contributed by atoms with Crippen molar-refractivity contribution >= 4 is 32.6 Å². The minimum Gasteiger partial charge on any atom is -0.271 e. The summed E-state index contributed by atoms with van der Waals surface area (Å²) in [5.41, 5.74) is 5.51. The Balaban J connectivity index is 1.91. The average molecular weight is 401 g/mol. The van der Waals surface area contributed by atoms with E-state index < -0.39 is 0 Å². The fourth-order valence-corrected chi connectivity index (χ4v) is 3.59. The second-order valence-electron chi connectivity index (χ2n) is 6.01. The first kappa shape index (κ1) is 15.2. The highest BCUT2D eigenvalue weighted by Crippen LogP contribution is 2.30. The van der Waals surface area contributed by atoms with Crippen LogP contribution in [0.15, 0.2) is 83.3 Å². The molecule has 0 fully saturated rings. The molecule has 0 aliphatic carbocycles. The zero-order chi connectivity index (χ0) is 17.5. The third kappa shape index (κ3) is 2.40. The van der Waals surface area contributed by atoms with Crippen LogP contribution in [0.3, 0.4) is 0 Å². The molecule has 0 aliphatic rings. The van der Waals surface area contributed by atoms with Gasteiger partial charge >= 0.3 is 0 Å². The molecule has 0 aliphatic heterocycles. The maximum atomic E-state index is 4.87. The molecule has 2 heterocycles. The van der Waals surface area contributed by atoms with Gasteiger partial charge in [0.15, 0.2) is 11.5 Å². The van der Waals surface area contributed by atoms with Crippen molar-refractivity contribution in [1.29, 1.82) is 0 Å². The Hall–Kier alpha value is -3.05. The molecule has 0 spiro atoms. The minimum absolute atomic E-state index is 0.755. The van der Waals surface area contributed by atoms with Crippen LogP contribution in [0.25, 0.3) is 39.3 Å². The van der Waals surface area contributed by atoms with Gasteiger partial charge in [-0.25, -0.2) is 4.98 Å². The van der Waals surface area contributed by atoms with E-state index in [9.17, 15) is 0 Å². The van der Waals surface area contributed by atoms with Crippen LogP contribution < -0.4 is 0 Å². The molecule has 5 heteroatoms. The number of hydrogen-bond donors (Lipinski definition) is 0. The summed E-state index contributed by atoms with van der Waals surface area (Å²) in [6.07, 6.45) is 0. The number of hydrogen-bond acceptors (Lipinski definition) is 3. The maximum absolute atomic E-state index is 4.87. The second-order valence-corrected chi connectivity index (χ2v) is 6.92. The Bertz CT molecular complexity index is 1250. The SMILES string of the molecule is Brc1cccc(-c2nnc3c(-c4ccccc4)nc4ccccc4n23)c1. The maximum Gasteiger partial charge on any atom is 0.188 e. The smallest absolute Gasteiger partial charge is 0.188 e. The van der Waals surface area contributed by atoms with Crippen LogP contribution in [0.4, 0.5) is 0 Å². The van der Waals surface area contributed by atoms with Crippen LogP contribution in [-0.4, -0.2) is 19.6 Å². The lowest BCUT2D eigenvalue weighted by atomic mass is 10.1. The van der Waals surface area contributed by atoms with E-state index >= 15 is 0 Å². The molecule has 0 amide bonds. The molecule has 124 valence electrons. The van der Waals surface area contributed by atoms with Crippen molar-refractivity contribution < 1.29 is 0 Å². The first-order chi connectivity index (χ1) is 12.8. The van der Waals surface area contributed by atoms with Gasteiger partial charge < -0.3 is 0 Å². The fraction of sp³-hybridized carbons (Fsp3) is 0. The number of rotatable bonds is 2.